The second kappa shape index (κ2) is 11.7. The topological polar surface area (TPSA) is 131 Å². The Hall–Kier alpha value is -4.21. The van der Waals surface area contributed by atoms with E-state index in [1.807, 2.05) is 30.3 Å². The molecule has 9 nitrogen and oxygen atoms in total. The quantitative estimate of drug-likeness (QED) is 0.382. The van der Waals surface area contributed by atoms with Crippen molar-refractivity contribution < 1.29 is 23.8 Å². The lowest BCUT2D eigenvalue weighted by Gasteiger charge is -2.28. The van der Waals surface area contributed by atoms with E-state index in [1.165, 1.54) is 17.7 Å². The molecule has 1 aromatic heterocycles. The number of nitrogens with two attached hydrogens (primary N) is 1. The number of anilines is 3. The summed E-state index contributed by atoms with van der Waals surface area (Å²) in [4.78, 5) is 34.8. The maximum atomic E-state index is 13.5. The lowest BCUT2D eigenvalue weighted by molar-refractivity contribution is -0.138. The van der Waals surface area contributed by atoms with Crippen LogP contribution in [0.25, 0.3) is 0 Å². The number of hydrogen-bond acceptors (Lipinski definition) is 7. The minimum Gasteiger partial charge on any atom is -0.481 e. The number of carbonyl (C=O) groups excluding carboxylic acids is 1. The van der Waals surface area contributed by atoms with Crippen LogP contribution in [0.4, 0.5) is 21.8 Å². The van der Waals surface area contributed by atoms with Crippen LogP contribution in [0.3, 0.4) is 0 Å². The van der Waals surface area contributed by atoms with Crippen LogP contribution in [0.2, 0.25) is 0 Å². The smallest absolute Gasteiger partial charge is 0.303 e. The van der Waals surface area contributed by atoms with Crippen molar-refractivity contribution in [2.24, 2.45) is 5.92 Å². The molecule has 0 spiro atoms. The first-order valence-electron chi connectivity index (χ1n) is 13.3. The molecule has 3 aromatic rings. The number of nitrogens with zero attached hydrogens (tertiary/aromatic N) is 3. The SMILES string of the molecule is Nc1nc(NCCc2cccc(F)c2)nc2c1C(=O)N(c1ccc([C@H]3CC[C@H](CC(=O)O)CC3)cc1)CCO2. The van der Waals surface area contributed by atoms with Crippen molar-refractivity contribution in [3.8, 4) is 5.88 Å². The van der Waals surface area contributed by atoms with Gasteiger partial charge in [0.1, 0.15) is 23.8 Å². The van der Waals surface area contributed by atoms with Gasteiger partial charge in [-0.3, -0.25) is 9.59 Å². The van der Waals surface area contributed by atoms with Crippen molar-refractivity contribution in [3.05, 3.63) is 71.0 Å². The summed E-state index contributed by atoms with van der Waals surface area (Å²) in [5, 5.41) is 12.1. The first-order valence-corrected chi connectivity index (χ1v) is 13.3. The third kappa shape index (κ3) is 6.27. The van der Waals surface area contributed by atoms with Crippen molar-refractivity contribution in [1.82, 2.24) is 9.97 Å². The number of ether oxygens (including phenoxy) is 1. The van der Waals surface area contributed by atoms with Gasteiger partial charge in [0.25, 0.3) is 5.91 Å². The first kappa shape index (κ1) is 26.4. The minimum absolute atomic E-state index is 0.0277. The molecule has 1 fully saturated rings. The number of amides is 1. The van der Waals surface area contributed by atoms with Crippen LogP contribution in [-0.2, 0) is 11.2 Å². The third-order valence-electron chi connectivity index (χ3n) is 7.49. The Morgan fingerprint density at radius 1 is 1.13 bits per heavy atom. The Labute approximate surface area is 226 Å². The molecule has 0 bridgehead atoms. The molecule has 4 N–H and O–H groups in total. The van der Waals surface area contributed by atoms with E-state index in [1.54, 1.807) is 11.0 Å². The second-order valence-corrected chi connectivity index (χ2v) is 10.1. The van der Waals surface area contributed by atoms with E-state index in [9.17, 15) is 14.0 Å². The standard InChI is InChI=1S/C29H32FN5O4/c30-22-3-1-2-18(16-22)12-13-32-29-33-26(31)25-27(34-29)39-15-14-35(28(25)38)23-10-8-21(9-11-23)20-6-4-19(5-7-20)17-24(36)37/h1-3,8-11,16,19-20H,4-7,12-15,17H2,(H,36,37)(H3,31,32,33,34)/t19-,20-. The number of carboxylic acid groups (broad SMARTS) is 1. The number of benzene rings is 2. The monoisotopic (exact) mass is 533 g/mol. The van der Waals surface area contributed by atoms with E-state index in [-0.39, 0.29) is 53.9 Å². The molecular weight excluding hydrogens is 501 g/mol. The molecule has 0 atom stereocenters. The summed E-state index contributed by atoms with van der Waals surface area (Å²) in [6.45, 7) is 1.03. The molecule has 0 saturated heterocycles. The average molecular weight is 534 g/mol. The van der Waals surface area contributed by atoms with Crippen molar-refractivity contribution >= 4 is 29.3 Å². The number of nitrogens with one attached hydrogen (secondary N) is 1. The fourth-order valence-corrected chi connectivity index (χ4v) is 5.44. The van der Waals surface area contributed by atoms with Crippen molar-refractivity contribution in [1.29, 1.82) is 0 Å². The van der Waals surface area contributed by atoms with Crippen molar-refractivity contribution in [2.75, 3.05) is 35.6 Å². The molecule has 0 unspecified atom stereocenters. The summed E-state index contributed by atoms with van der Waals surface area (Å²) < 4.78 is 19.2. The maximum absolute atomic E-state index is 13.5. The Bertz CT molecular complexity index is 1340. The summed E-state index contributed by atoms with van der Waals surface area (Å²) in [6.07, 6.45) is 4.56. The first-order chi connectivity index (χ1) is 18.9. The highest BCUT2D eigenvalue weighted by Gasteiger charge is 2.30. The highest BCUT2D eigenvalue weighted by atomic mass is 19.1. The molecule has 1 aliphatic carbocycles. The van der Waals surface area contributed by atoms with Gasteiger partial charge >= 0.3 is 5.97 Å². The normalized spacial score (nSPS) is 19.1. The highest BCUT2D eigenvalue weighted by molar-refractivity contribution is 6.10. The zero-order valence-electron chi connectivity index (χ0n) is 21.6. The lowest BCUT2D eigenvalue weighted by atomic mass is 9.77. The number of aromatic nitrogens is 2. The summed E-state index contributed by atoms with van der Waals surface area (Å²) in [5.41, 5.74) is 9.10. The Balaban J connectivity index is 1.24. The van der Waals surface area contributed by atoms with Crippen molar-refractivity contribution in [2.45, 2.75) is 44.4 Å². The zero-order chi connectivity index (χ0) is 27.4. The fraction of sp³-hybridized carbons (Fsp3) is 0.379. The summed E-state index contributed by atoms with van der Waals surface area (Å²) in [7, 11) is 0. The zero-order valence-corrected chi connectivity index (χ0v) is 21.6. The predicted molar refractivity (Wildman–Crippen MR) is 146 cm³/mol. The molecule has 1 amide bonds. The van der Waals surface area contributed by atoms with Gasteiger partial charge in [0, 0.05) is 18.7 Å². The molecule has 5 rings (SSSR count). The lowest BCUT2D eigenvalue weighted by Crippen LogP contribution is -2.32. The minimum atomic E-state index is -0.727. The van der Waals surface area contributed by atoms with Crippen LogP contribution in [0.1, 0.15) is 59.5 Å². The van der Waals surface area contributed by atoms with E-state index >= 15 is 0 Å². The van der Waals surface area contributed by atoms with E-state index in [4.69, 9.17) is 15.6 Å². The predicted octanol–water partition coefficient (Wildman–Crippen LogP) is 4.64. The van der Waals surface area contributed by atoms with Crippen LogP contribution in [0.5, 0.6) is 5.88 Å². The molecular formula is C29H32FN5O4. The number of nitrogen functional groups attached to an aromatic ring is 1. The van der Waals surface area contributed by atoms with Gasteiger partial charge in [-0.15, -0.1) is 0 Å². The molecule has 2 aliphatic rings. The number of carbonyl (C=O) groups is 2. The average Bonchev–Trinajstić information content (AvgIpc) is 3.08. The van der Waals surface area contributed by atoms with Crippen LogP contribution >= 0.6 is 0 Å². The van der Waals surface area contributed by atoms with Crippen LogP contribution in [-0.4, -0.2) is 46.6 Å². The van der Waals surface area contributed by atoms with Crippen LogP contribution < -0.4 is 20.7 Å². The number of halogens is 1. The molecule has 10 heteroatoms. The third-order valence-corrected chi connectivity index (χ3v) is 7.49. The molecule has 1 aliphatic heterocycles. The number of rotatable bonds is 8. The number of aliphatic carboxylic acids is 1. The van der Waals surface area contributed by atoms with E-state index in [2.05, 4.69) is 15.3 Å². The number of fused-ring (bicyclic) bond motifs is 1. The van der Waals surface area contributed by atoms with Gasteiger partial charge in [0.2, 0.25) is 11.8 Å². The molecule has 0 radical (unpaired) electrons. The molecule has 204 valence electrons. The molecule has 2 aromatic carbocycles. The van der Waals surface area contributed by atoms with Gasteiger partial charge in [-0.05, 0) is 79.3 Å². The fourth-order valence-electron chi connectivity index (χ4n) is 5.44. The van der Waals surface area contributed by atoms with Gasteiger partial charge in [0.05, 0.1) is 6.54 Å². The maximum Gasteiger partial charge on any atom is 0.303 e. The molecule has 1 saturated carbocycles. The van der Waals surface area contributed by atoms with E-state index < -0.39 is 5.97 Å². The molecule has 39 heavy (non-hydrogen) atoms. The second-order valence-electron chi connectivity index (χ2n) is 10.1. The Morgan fingerprint density at radius 2 is 1.90 bits per heavy atom. The summed E-state index contributed by atoms with van der Waals surface area (Å²) in [5.74, 6) is -0.287. The van der Waals surface area contributed by atoms with Gasteiger partial charge in [-0.25, -0.2) is 4.39 Å². The van der Waals surface area contributed by atoms with E-state index in [0.717, 1.165) is 36.9 Å². The summed E-state index contributed by atoms with van der Waals surface area (Å²) in [6, 6.07) is 14.3. The van der Waals surface area contributed by atoms with Gasteiger partial charge in [-0.2, -0.15) is 9.97 Å². The Kier molecular flexibility index (Phi) is 7.90. The Morgan fingerprint density at radius 3 is 2.62 bits per heavy atom. The largest absolute Gasteiger partial charge is 0.481 e. The molecule has 2 heterocycles. The number of hydrogen-bond donors (Lipinski definition) is 3. The van der Waals surface area contributed by atoms with Crippen molar-refractivity contribution in [3.63, 3.8) is 0 Å². The summed E-state index contributed by atoms with van der Waals surface area (Å²) >= 11 is 0. The number of carboxylic acids is 1. The van der Waals surface area contributed by atoms with Gasteiger partial charge in [-0.1, -0.05) is 24.3 Å². The van der Waals surface area contributed by atoms with Gasteiger partial charge < -0.3 is 25.8 Å². The van der Waals surface area contributed by atoms with Crippen LogP contribution in [0.15, 0.2) is 48.5 Å². The van der Waals surface area contributed by atoms with Crippen LogP contribution in [0, 0.1) is 11.7 Å². The van der Waals surface area contributed by atoms with E-state index in [0.29, 0.717) is 25.4 Å². The van der Waals surface area contributed by atoms with Gasteiger partial charge in [0.15, 0.2) is 0 Å². The highest BCUT2D eigenvalue weighted by Crippen LogP contribution is 2.38.